The van der Waals surface area contributed by atoms with Crippen LogP contribution in [0, 0.1) is 0 Å². The topological polar surface area (TPSA) is 41.9 Å². The van der Waals surface area contributed by atoms with Crippen molar-refractivity contribution in [3.8, 4) is 0 Å². The minimum absolute atomic E-state index is 0.000796. The molecule has 0 saturated heterocycles. The zero-order valence-electron chi connectivity index (χ0n) is 11.5. The molecule has 1 unspecified atom stereocenters. The Morgan fingerprint density at radius 1 is 1.37 bits per heavy atom. The van der Waals surface area contributed by atoms with E-state index in [1.54, 1.807) is 18.9 Å². The Balaban J connectivity index is 1.95. The second-order valence-corrected chi connectivity index (χ2v) is 4.59. The molecular weight excluding hydrogens is 240 g/mol. The van der Waals surface area contributed by atoms with Crippen LogP contribution in [-0.2, 0) is 16.1 Å². The summed E-state index contributed by atoms with van der Waals surface area (Å²) in [4.78, 5) is 17.6. The Labute approximate surface area is 113 Å². The number of carbonyl (C=O) groups excluding carboxylic acids is 1. The van der Waals surface area contributed by atoms with Crippen molar-refractivity contribution >= 4 is 11.8 Å². The van der Waals surface area contributed by atoms with Crippen LogP contribution in [0.25, 0.3) is 0 Å². The van der Waals surface area contributed by atoms with Gasteiger partial charge in [-0.1, -0.05) is 30.3 Å². The maximum absolute atomic E-state index is 11.6. The van der Waals surface area contributed by atoms with E-state index < -0.39 is 0 Å². The van der Waals surface area contributed by atoms with E-state index in [0.717, 1.165) is 5.56 Å². The van der Waals surface area contributed by atoms with Gasteiger partial charge in [0.1, 0.15) is 0 Å². The molecule has 0 bridgehead atoms. The van der Waals surface area contributed by atoms with Gasteiger partial charge < -0.3 is 9.64 Å². The van der Waals surface area contributed by atoms with Crippen LogP contribution in [0.1, 0.15) is 19.4 Å². The summed E-state index contributed by atoms with van der Waals surface area (Å²) in [6, 6.07) is 9.98. The molecule has 0 radical (unpaired) electrons. The van der Waals surface area contributed by atoms with Crippen LogP contribution in [0.5, 0.6) is 0 Å². The monoisotopic (exact) mass is 258 g/mol. The lowest BCUT2D eigenvalue weighted by Gasteiger charge is -2.20. The number of carbonyl (C=O) groups is 1. The molecule has 100 valence electrons. The number of hydrogen-bond donors (Lipinski definition) is 0. The molecule has 2 rings (SSSR count). The Morgan fingerprint density at radius 2 is 2.05 bits per heavy atom. The van der Waals surface area contributed by atoms with E-state index >= 15 is 0 Å². The molecule has 19 heavy (non-hydrogen) atoms. The van der Waals surface area contributed by atoms with Crippen LogP contribution in [-0.4, -0.2) is 30.0 Å². The third kappa shape index (κ3) is 3.22. The van der Waals surface area contributed by atoms with E-state index in [4.69, 9.17) is 4.74 Å². The number of aliphatic imine (C=N–C) groups is 1. The van der Waals surface area contributed by atoms with E-state index in [0.29, 0.717) is 18.0 Å². The summed E-state index contributed by atoms with van der Waals surface area (Å²) in [5.74, 6) is 0.584. The lowest BCUT2D eigenvalue weighted by molar-refractivity contribution is -0.129. The van der Waals surface area contributed by atoms with Crippen LogP contribution in [0.4, 0.5) is 0 Å². The molecule has 0 aromatic heterocycles. The van der Waals surface area contributed by atoms with E-state index in [2.05, 4.69) is 4.99 Å². The van der Waals surface area contributed by atoms with Crippen molar-refractivity contribution in [3.63, 3.8) is 0 Å². The first kappa shape index (κ1) is 13.3. The molecule has 1 aromatic carbocycles. The lowest BCUT2D eigenvalue weighted by Crippen LogP contribution is -2.33. The summed E-state index contributed by atoms with van der Waals surface area (Å²) >= 11 is 0. The van der Waals surface area contributed by atoms with Gasteiger partial charge in [0.2, 0.25) is 0 Å². The molecule has 0 spiro atoms. The Bertz CT molecular complexity index is 520. The third-order valence-corrected chi connectivity index (χ3v) is 3.05. The predicted molar refractivity (Wildman–Crippen MR) is 74.7 cm³/mol. The van der Waals surface area contributed by atoms with Crippen molar-refractivity contribution in [1.29, 1.82) is 0 Å². The number of nitrogens with zero attached hydrogens (tertiary/aromatic N) is 2. The Kier molecular flexibility index (Phi) is 4.00. The standard InChI is InChI=1S/C15H18N2O2/c1-11-9-14(17(3)15(11)18)19-12(2)16-10-13-7-5-4-6-8-13/h4-9,14H,10H2,1-3H3. The highest BCUT2D eigenvalue weighted by Gasteiger charge is 2.28. The quantitative estimate of drug-likeness (QED) is 0.617. The van der Waals surface area contributed by atoms with Gasteiger partial charge in [0.05, 0.1) is 6.54 Å². The van der Waals surface area contributed by atoms with Gasteiger partial charge in [-0.05, 0) is 18.6 Å². The molecule has 1 aromatic rings. The predicted octanol–water partition coefficient (Wildman–Crippen LogP) is 2.37. The van der Waals surface area contributed by atoms with Gasteiger partial charge in [0, 0.05) is 19.5 Å². The SMILES string of the molecule is CC1=CC(OC(C)=NCc2ccccc2)N(C)C1=O. The van der Waals surface area contributed by atoms with Crippen molar-refractivity contribution in [2.75, 3.05) is 7.05 Å². The zero-order chi connectivity index (χ0) is 13.8. The first-order valence-corrected chi connectivity index (χ1v) is 6.25. The summed E-state index contributed by atoms with van der Waals surface area (Å²) in [5, 5.41) is 0. The fraction of sp³-hybridized carbons (Fsp3) is 0.333. The molecule has 0 N–H and O–H groups in total. The number of amides is 1. The fourth-order valence-corrected chi connectivity index (χ4v) is 1.90. The average molecular weight is 258 g/mol. The molecule has 1 atom stereocenters. The smallest absolute Gasteiger partial charge is 0.252 e. The fourth-order valence-electron chi connectivity index (χ4n) is 1.90. The molecule has 1 heterocycles. The summed E-state index contributed by atoms with van der Waals surface area (Å²) in [6.07, 6.45) is 1.47. The molecule has 0 fully saturated rings. The summed E-state index contributed by atoms with van der Waals surface area (Å²) in [6.45, 7) is 4.18. The molecule has 1 amide bonds. The van der Waals surface area contributed by atoms with Gasteiger partial charge in [-0.3, -0.25) is 9.79 Å². The van der Waals surface area contributed by atoms with Crippen molar-refractivity contribution in [1.82, 2.24) is 4.90 Å². The van der Waals surface area contributed by atoms with Crippen molar-refractivity contribution < 1.29 is 9.53 Å². The van der Waals surface area contributed by atoms with Crippen LogP contribution in [0.2, 0.25) is 0 Å². The Morgan fingerprint density at radius 3 is 2.63 bits per heavy atom. The van der Waals surface area contributed by atoms with Crippen molar-refractivity contribution in [2.24, 2.45) is 4.99 Å². The summed E-state index contributed by atoms with van der Waals surface area (Å²) in [5.41, 5.74) is 1.84. The van der Waals surface area contributed by atoms with Crippen LogP contribution < -0.4 is 0 Å². The highest BCUT2D eigenvalue weighted by atomic mass is 16.5. The van der Waals surface area contributed by atoms with E-state index in [-0.39, 0.29) is 12.1 Å². The molecule has 1 aliphatic heterocycles. The number of ether oxygens (including phenoxy) is 1. The third-order valence-electron chi connectivity index (χ3n) is 3.05. The molecule has 4 heteroatoms. The number of likely N-dealkylation sites (N-methyl/N-ethyl adjacent to an activating group) is 1. The first-order valence-electron chi connectivity index (χ1n) is 6.25. The first-order chi connectivity index (χ1) is 9.08. The minimum atomic E-state index is -0.341. The van der Waals surface area contributed by atoms with Crippen LogP contribution in [0.3, 0.4) is 0 Å². The molecular formula is C15H18N2O2. The van der Waals surface area contributed by atoms with Gasteiger partial charge in [-0.15, -0.1) is 0 Å². The molecule has 1 aliphatic rings. The molecule has 0 saturated carbocycles. The molecule has 0 aliphatic carbocycles. The zero-order valence-corrected chi connectivity index (χ0v) is 11.5. The number of rotatable bonds is 3. The minimum Gasteiger partial charge on any atom is -0.454 e. The van der Waals surface area contributed by atoms with Gasteiger partial charge in [0.15, 0.2) is 12.1 Å². The largest absolute Gasteiger partial charge is 0.454 e. The van der Waals surface area contributed by atoms with Crippen LogP contribution >= 0.6 is 0 Å². The normalized spacial score (nSPS) is 19.6. The Hall–Kier alpha value is -2.10. The number of hydrogen-bond acceptors (Lipinski definition) is 3. The number of benzene rings is 1. The maximum atomic E-state index is 11.6. The maximum Gasteiger partial charge on any atom is 0.252 e. The van der Waals surface area contributed by atoms with Gasteiger partial charge in [0.25, 0.3) is 5.91 Å². The van der Waals surface area contributed by atoms with E-state index in [1.165, 1.54) is 0 Å². The van der Waals surface area contributed by atoms with Crippen molar-refractivity contribution in [3.05, 3.63) is 47.5 Å². The average Bonchev–Trinajstić information content (AvgIpc) is 2.65. The summed E-state index contributed by atoms with van der Waals surface area (Å²) < 4.78 is 5.66. The van der Waals surface area contributed by atoms with Crippen LogP contribution in [0.15, 0.2) is 47.0 Å². The van der Waals surface area contributed by atoms with Crippen molar-refractivity contribution in [2.45, 2.75) is 26.6 Å². The highest BCUT2D eigenvalue weighted by Crippen LogP contribution is 2.16. The van der Waals surface area contributed by atoms with Gasteiger partial charge in [-0.2, -0.15) is 0 Å². The highest BCUT2D eigenvalue weighted by molar-refractivity contribution is 5.95. The molecule has 4 nitrogen and oxygen atoms in total. The van der Waals surface area contributed by atoms with Gasteiger partial charge >= 0.3 is 0 Å². The second-order valence-electron chi connectivity index (χ2n) is 4.59. The van der Waals surface area contributed by atoms with Gasteiger partial charge in [-0.25, -0.2) is 0 Å². The van der Waals surface area contributed by atoms with E-state index in [9.17, 15) is 4.79 Å². The lowest BCUT2D eigenvalue weighted by atomic mass is 10.2. The summed E-state index contributed by atoms with van der Waals surface area (Å²) in [7, 11) is 1.73. The second kappa shape index (κ2) is 5.69. The van der Waals surface area contributed by atoms with E-state index in [1.807, 2.05) is 43.3 Å².